The second-order valence-corrected chi connectivity index (χ2v) is 5.14. The van der Waals surface area contributed by atoms with Gasteiger partial charge in [0.25, 0.3) is 5.91 Å². The highest BCUT2D eigenvalue weighted by atomic mass is 79.9. The van der Waals surface area contributed by atoms with E-state index in [4.69, 9.17) is 5.11 Å². The van der Waals surface area contributed by atoms with Gasteiger partial charge in [-0.3, -0.25) is 9.59 Å². The summed E-state index contributed by atoms with van der Waals surface area (Å²) in [5.41, 5.74) is 0.353. The predicted octanol–water partition coefficient (Wildman–Crippen LogP) is 2.96. The minimum absolute atomic E-state index is 0.0838. The fraction of sp³-hybridized carbons (Fsp3) is 0.385. The molecule has 1 aromatic rings. The quantitative estimate of drug-likeness (QED) is 0.842. The SMILES string of the molecule is CC(CCCC(=O)O)NC(=O)c1ccc(F)cc1Br. The number of benzene rings is 1. The van der Waals surface area contributed by atoms with E-state index in [-0.39, 0.29) is 18.4 Å². The van der Waals surface area contributed by atoms with Crippen LogP contribution in [0.3, 0.4) is 0 Å². The second-order valence-electron chi connectivity index (χ2n) is 4.28. The van der Waals surface area contributed by atoms with Gasteiger partial charge in [0.2, 0.25) is 0 Å². The molecule has 0 aliphatic rings. The van der Waals surface area contributed by atoms with Crippen molar-refractivity contribution in [1.29, 1.82) is 0 Å². The van der Waals surface area contributed by atoms with Crippen molar-refractivity contribution in [2.24, 2.45) is 0 Å². The Morgan fingerprint density at radius 2 is 2.16 bits per heavy atom. The normalized spacial score (nSPS) is 11.9. The maximum Gasteiger partial charge on any atom is 0.303 e. The number of carbonyl (C=O) groups excluding carboxylic acids is 1. The van der Waals surface area contributed by atoms with Gasteiger partial charge in [-0.25, -0.2) is 4.39 Å². The van der Waals surface area contributed by atoms with Crippen LogP contribution in [0, 0.1) is 5.82 Å². The van der Waals surface area contributed by atoms with E-state index in [9.17, 15) is 14.0 Å². The number of hydrogen-bond donors (Lipinski definition) is 2. The average molecular weight is 332 g/mol. The van der Waals surface area contributed by atoms with E-state index in [0.29, 0.717) is 22.9 Å². The standard InChI is InChI=1S/C13H15BrFNO3/c1-8(3-2-4-12(17)18)16-13(19)10-6-5-9(15)7-11(10)14/h5-8H,2-4H2,1H3,(H,16,19)(H,17,18). The van der Waals surface area contributed by atoms with E-state index >= 15 is 0 Å². The zero-order chi connectivity index (χ0) is 14.4. The lowest BCUT2D eigenvalue weighted by molar-refractivity contribution is -0.137. The maximum absolute atomic E-state index is 12.9. The van der Waals surface area contributed by atoms with Crippen molar-refractivity contribution >= 4 is 27.8 Å². The number of rotatable bonds is 6. The minimum atomic E-state index is -0.847. The molecule has 0 fully saturated rings. The molecule has 1 amide bonds. The van der Waals surface area contributed by atoms with Gasteiger partial charge in [0, 0.05) is 16.9 Å². The van der Waals surface area contributed by atoms with Crippen LogP contribution in [0.1, 0.15) is 36.5 Å². The number of amides is 1. The summed E-state index contributed by atoms with van der Waals surface area (Å²) >= 11 is 3.13. The topological polar surface area (TPSA) is 66.4 Å². The molecule has 104 valence electrons. The Bertz CT molecular complexity index is 479. The lowest BCUT2D eigenvalue weighted by Gasteiger charge is -2.14. The van der Waals surface area contributed by atoms with Gasteiger partial charge in [-0.1, -0.05) is 0 Å². The van der Waals surface area contributed by atoms with Crippen LogP contribution < -0.4 is 5.32 Å². The van der Waals surface area contributed by atoms with Crippen LogP contribution in [0.25, 0.3) is 0 Å². The molecule has 1 aromatic carbocycles. The monoisotopic (exact) mass is 331 g/mol. The molecule has 0 saturated heterocycles. The highest BCUT2D eigenvalue weighted by Crippen LogP contribution is 2.18. The zero-order valence-electron chi connectivity index (χ0n) is 10.5. The lowest BCUT2D eigenvalue weighted by atomic mass is 10.1. The molecule has 0 aliphatic carbocycles. The van der Waals surface area contributed by atoms with Gasteiger partial charge in [0.15, 0.2) is 0 Å². The van der Waals surface area contributed by atoms with E-state index in [0.717, 1.165) is 0 Å². The third kappa shape index (κ3) is 5.38. The number of carboxylic acid groups (broad SMARTS) is 1. The number of nitrogens with one attached hydrogen (secondary N) is 1. The Morgan fingerprint density at radius 3 is 2.74 bits per heavy atom. The molecular weight excluding hydrogens is 317 g/mol. The second kappa shape index (κ2) is 7.23. The van der Waals surface area contributed by atoms with Crippen LogP contribution in [0.5, 0.6) is 0 Å². The Hall–Kier alpha value is -1.43. The van der Waals surface area contributed by atoms with Crippen LogP contribution in [0.2, 0.25) is 0 Å². The fourth-order valence-corrected chi connectivity index (χ4v) is 2.14. The zero-order valence-corrected chi connectivity index (χ0v) is 12.0. The molecule has 0 saturated carbocycles. The molecule has 0 bridgehead atoms. The highest BCUT2D eigenvalue weighted by Gasteiger charge is 2.13. The summed E-state index contributed by atoms with van der Waals surface area (Å²) in [4.78, 5) is 22.3. The summed E-state index contributed by atoms with van der Waals surface area (Å²) < 4.78 is 13.3. The molecule has 0 heterocycles. The molecule has 4 nitrogen and oxygen atoms in total. The van der Waals surface area contributed by atoms with E-state index < -0.39 is 11.8 Å². The maximum atomic E-state index is 12.9. The van der Waals surface area contributed by atoms with Crippen molar-refractivity contribution in [3.8, 4) is 0 Å². The fourth-order valence-electron chi connectivity index (χ4n) is 1.61. The Labute approximate surface area is 119 Å². The predicted molar refractivity (Wildman–Crippen MR) is 72.5 cm³/mol. The highest BCUT2D eigenvalue weighted by molar-refractivity contribution is 9.10. The summed E-state index contributed by atoms with van der Waals surface area (Å²) in [6.07, 6.45) is 1.17. The van der Waals surface area contributed by atoms with E-state index in [2.05, 4.69) is 21.2 Å². The third-order valence-electron chi connectivity index (χ3n) is 2.58. The molecule has 6 heteroatoms. The van der Waals surface area contributed by atoms with Crippen molar-refractivity contribution in [3.05, 3.63) is 34.1 Å². The van der Waals surface area contributed by atoms with Crippen molar-refractivity contribution in [2.45, 2.75) is 32.2 Å². The summed E-state index contributed by atoms with van der Waals surface area (Å²) in [5, 5.41) is 11.3. The summed E-state index contributed by atoms with van der Waals surface area (Å²) in [5.74, 6) is -1.58. The van der Waals surface area contributed by atoms with E-state index in [1.165, 1.54) is 18.2 Å². The van der Waals surface area contributed by atoms with Gasteiger partial charge >= 0.3 is 5.97 Å². The van der Waals surface area contributed by atoms with Crippen molar-refractivity contribution in [2.75, 3.05) is 0 Å². The van der Waals surface area contributed by atoms with E-state index in [1.54, 1.807) is 6.92 Å². The number of hydrogen-bond acceptors (Lipinski definition) is 2. The van der Waals surface area contributed by atoms with Gasteiger partial charge in [-0.15, -0.1) is 0 Å². The number of halogens is 2. The number of carboxylic acids is 1. The molecule has 2 N–H and O–H groups in total. The Balaban J connectivity index is 2.52. The molecule has 0 aliphatic heterocycles. The molecule has 1 atom stereocenters. The smallest absolute Gasteiger partial charge is 0.303 e. The summed E-state index contributed by atoms with van der Waals surface area (Å²) in [6.45, 7) is 1.80. The van der Waals surface area contributed by atoms with Crippen molar-refractivity contribution in [1.82, 2.24) is 5.32 Å². The van der Waals surface area contributed by atoms with Crippen LogP contribution >= 0.6 is 15.9 Å². The van der Waals surface area contributed by atoms with Crippen molar-refractivity contribution < 1.29 is 19.1 Å². The first kappa shape index (κ1) is 15.6. The summed E-state index contributed by atoms with van der Waals surface area (Å²) in [7, 11) is 0. The first-order valence-electron chi connectivity index (χ1n) is 5.88. The molecule has 0 aromatic heterocycles. The first-order chi connectivity index (χ1) is 8.90. The molecule has 1 rings (SSSR count). The van der Waals surface area contributed by atoms with Crippen LogP contribution in [0.4, 0.5) is 4.39 Å². The molecule has 0 radical (unpaired) electrons. The van der Waals surface area contributed by atoms with Gasteiger partial charge in [-0.05, 0) is 53.9 Å². The van der Waals surface area contributed by atoms with Crippen LogP contribution in [0.15, 0.2) is 22.7 Å². The number of aliphatic carboxylic acids is 1. The third-order valence-corrected chi connectivity index (χ3v) is 3.24. The first-order valence-corrected chi connectivity index (χ1v) is 6.67. The van der Waals surface area contributed by atoms with Gasteiger partial charge in [-0.2, -0.15) is 0 Å². The van der Waals surface area contributed by atoms with Crippen LogP contribution in [-0.4, -0.2) is 23.0 Å². The minimum Gasteiger partial charge on any atom is -0.481 e. The van der Waals surface area contributed by atoms with E-state index in [1.807, 2.05) is 0 Å². The molecule has 19 heavy (non-hydrogen) atoms. The van der Waals surface area contributed by atoms with Gasteiger partial charge < -0.3 is 10.4 Å². The number of carbonyl (C=O) groups is 2. The van der Waals surface area contributed by atoms with Crippen molar-refractivity contribution in [3.63, 3.8) is 0 Å². The average Bonchev–Trinajstić information content (AvgIpc) is 2.27. The Kier molecular flexibility index (Phi) is 5.95. The molecule has 1 unspecified atom stereocenters. The summed E-state index contributed by atoms with van der Waals surface area (Å²) in [6, 6.07) is 3.71. The van der Waals surface area contributed by atoms with Gasteiger partial charge in [0.05, 0.1) is 5.56 Å². The van der Waals surface area contributed by atoms with Crippen LogP contribution in [-0.2, 0) is 4.79 Å². The Morgan fingerprint density at radius 1 is 1.47 bits per heavy atom. The lowest BCUT2D eigenvalue weighted by Crippen LogP contribution is -2.32. The molecule has 0 spiro atoms. The largest absolute Gasteiger partial charge is 0.481 e. The molecular formula is C13H15BrFNO3. The van der Waals surface area contributed by atoms with Gasteiger partial charge in [0.1, 0.15) is 5.82 Å².